The van der Waals surface area contributed by atoms with E-state index in [1.165, 1.54) is 4.57 Å². The van der Waals surface area contributed by atoms with Crippen LogP contribution in [0.4, 0.5) is 5.95 Å². The molecule has 0 radical (unpaired) electrons. The third kappa shape index (κ3) is 4.60. The molecular formula is C25H29N5O3. The minimum Gasteiger partial charge on any atom is -0.326 e. The minimum absolute atomic E-state index is 0.0473. The molecule has 2 amide bonds. The largest absolute Gasteiger partial charge is 0.326 e. The standard InChI is InChI=1S/C25H29N5O3/c1-4-29-24(33)19-11-7-8-12-20(19)26-25(29)28-27-23(32)21-14-17-9-5-6-10-18(17)15-30(21)22(31)13-16(2)3/h5-12,16,21H,4,13-15H2,1-3H3,(H,26,28)(H,27,32). The summed E-state index contributed by atoms with van der Waals surface area (Å²) in [5.41, 5.74) is 8.01. The molecule has 2 aromatic carbocycles. The Balaban J connectivity index is 1.59. The number of carbonyl (C=O) groups excluding carboxylic acids is 2. The Morgan fingerprint density at radius 1 is 1.09 bits per heavy atom. The molecule has 1 atom stereocenters. The Labute approximate surface area is 192 Å². The van der Waals surface area contributed by atoms with Crippen LogP contribution in [-0.4, -0.2) is 32.3 Å². The van der Waals surface area contributed by atoms with E-state index in [1.54, 1.807) is 23.1 Å². The molecular weight excluding hydrogens is 418 g/mol. The average Bonchev–Trinajstić information content (AvgIpc) is 2.81. The van der Waals surface area contributed by atoms with Crippen molar-refractivity contribution in [2.24, 2.45) is 5.92 Å². The van der Waals surface area contributed by atoms with Crippen LogP contribution in [0.25, 0.3) is 10.9 Å². The summed E-state index contributed by atoms with van der Waals surface area (Å²) in [6.07, 6.45) is 0.806. The number of anilines is 1. The van der Waals surface area contributed by atoms with Crippen molar-refractivity contribution in [3.05, 3.63) is 70.0 Å². The number of rotatable bonds is 6. The van der Waals surface area contributed by atoms with Crippen LogP contribution >= 0.6 is 0 Å². The van der Waals surface area contributed by atoms with Gasteiger partial charge < -0.3 is 4.90 Å². The molecule has 0 bridgehead atoms. The molecule has 0 saturated carbocycles. The third-order valence-corrected chi connectivity index (χ3v) is 5.93. The van der Waals surface area contributed by atoms with Gasteiger partial charge in [-0.3, -0.25) is 29.8 Å². The second kappa shape index (κ2) is 9.44. The fraction of sp³-hybridized carbons (Fsp3) is 0.360. The molecule has 2 N–H and O–H groups in total. The Hall–Kier alpha value is -3.68. The van der Waals surface area contributed by atoms with Crippen LogP contribution in [0.5, 0.6) is 0 Å². The van der Waals surface area contributed by atoms with Gasteiger partial charge in [-0.1, -0.05) is 50.2 Å². The van der Waals surface area contributed by atoms with Crippen molar-refractivity contribution in [1.82, 2.24) is 19.9 Å². The van der Waals surface area contributed by atoms with Gasteiger partial charge in [-0.25, -0.2) is 4.98 Å². The van der Waals surface area contributed by atoms with E-state index in [9.17, 15) is 14.4 Å². The predicted octanol–water partition coefficient (Wildman–Crippen LogP) is 2.86. The zero-order valence-corrected chi connectivity index (χ0v) is 19.2. The summed E-state index contributed by atoms with van der Waals surface area (Å²) in [7, 11) is 0. The highest BCUT2D eigenvalue weighted by Crippen LogP contribution is 2.25. The van der Waals surface area contributed by atoms with Crippen LogP contribution in [-0.2, 0) is 29.1 Å². The highest BCUT2D eigenvalue weighted by Gasteiger charge is 2.34. The Bertz CT molecular complexity index is 1250. The van der Waals surface area contributed by atoms with Gasteiger partial charge in [0.1, 0.15) is 6.04 Å². The van der Waals surface area contributed by atoms with Crippen LogP contribution in [0.1, 0.15) is 38.3 Å². The minimum atomic E-state index is -0.652. The average molecular weight is 448 g/mol. The number of hydrogen-bond donors (Lipinski definition) is 2. The van der Waals surface area contributed by atoms with Crippen LogP contribution in [0.3, 0.4) is 0 Å². The summed E-state index contributed by atoms with van der Waals surface area (Å²) in [4.78, 5) is 45.2. The molecule has 8 heteroatoms. The number of nitrogens with one attached hydrogen (secondary N) is 2. The van der Waals surface area contributed by atoms with Gasteiger partial charge in [0, 0.05) is 25.9 Å². The fourth-order valence-corrected chi connectivity index (χ4v) is 4.24. The maximum absolute atomic E-state index is 13.2. The van der Waals surface area contributed by atoms with Crippen LogP contribution in [0, 0.1) is 5.92 Å². The number of hydrogen-bond acceptors (Lipinski definition) is 5. The Kier molecular flexibility index (Phi) is 6.44. The summed E-state index contributed by atoms with van der Waals surface area (Å²) in [5.74, 6) is 0.0590. The number of fused-ring (bicyclic) bond motifs is 2. The third-order valence-electron chi connectivity index (χ3n) is 5.93. The molecule has 1 aliphatic heterocycles. The summed E-state index contributed by atoms with van der Waals surface area (Å²) in [6.45, 7) is 6.61. The number of carbonyl (C=O) groups is 2. The van der Waals surface area contributed by atoms with E-state index in [-0.39, 0.29) is 29.2 Å². The zero-order valence-electron chi connectivity index (χ0n) is 19.2. The van der Waals surface area contributed by atoms with Gasteiger partial charge in [0.15, 0.2) is 0 Å². The molecule has 33 heavy (non-hydrogen) atoms. The monoisotopic (exact) mass is 447 g/mol. The van der Waals surface area contributed by atoms with Crippen molar-refractivity contribution < 1.29 is 9.59 Å². The van der Waals surface area contributed by atoms with E-state index in [0.29, 0.717) is 36.8 Å². The maximum atomic E-state index is 13.2. The summed E-state index contributed by atoms with van der Waals surface area (Å²) >= 11 is 0. The molecule has 2 heterocycles. The van der Waals surface area contributed by atoms with Gasteiger partial charge in [-0.05, 0) is 36.1 Å². The molecule has 0 aliphatic carbocycles. The quantitative estimate of drug-likeness (QED) is 0.567. The molecule has 1 aromatic heterocycles. The second-order valence-corrected chi connectivity index (χ2v) is 8.72. The summed E-state index contributed by atoms with van der Waals surface area (Å²) < 4.78 is 1.47. The summed E-state index contributed by atoms with van der Waals surface area (Å²) in [5, 5.41) is 0.519. The molecule has 3 aromatic rings. The van der Waals surface area contributed by atoms with Gasteiger partial charge in [0.2, 0.25) is 11.9 Å². The molecule has 172 valence electrons. The molecule has 0 spiro atoms. The lowest BCUT2D eigenvalue weighted by Crippen LogP contribution is -2.54. The highest BCUT2D eigenvalue weighted by atomic mass is 16.2. The number of amides is 2. The lowest BCUT2D eigenvalue weighted by molar-refractivity contribution is -0.142. The van der Waals surface area contributed by atoms with E-state index in [4.69, 9.17) is 0 Å². The van der Waals surface area contributed by atoms with E-state index in [1.807, 2.05) is 51.1 Å². The van der Waals surface area contributed by atoms with Crippen molar-refractivity contribution in [1.29, 1.82) is 0 Å². The van der Waals surface area contributed by atoms with E-state index < -0.39 is 6.04 Å². The predicted molar refractivity (Wildman–Crippen MR) is 127 cm³/mol. The van der Waals surface area contributed by atoms with Gasteiger partial charge in [-0.2, -0.15) is 0 Å². The van der Waals surface area contributed by atoms with Gasteiger partial charge in [0.05, 0.1) is 10.9 Å². The van der Waals surface area contributed by atoms with Gasteiger partial charge in [-0.15, -0.1) is 0 Å². The van der Waals surface area contributed by atoms with E-state index >= 15 is 0 Å². The van der Waals surface area contributed by atoms with Crippen LogP contribution < -0.4 is 16.4 Å². The van der Waals surface area contributed by atoms with Crippen molar-refractivity contribution in [2.45, 2.75) is 52.7 Å². The SMILES string of the molecule is CCn1c(NNC(=O)C2Cc3ccccc3CN2C(=O)CC(C)C)nc2ccccc2c1=O. The molecule has 0 fully saturated rings. The van der Waals surface area contributed by atoms with Gasteiger partial charge >= 0.3 is 0 Å². The van der Waals surface area contributed by atoms with Crippen LogP contribution in [0.2, 0.25) is 0 Å². The van der Waals surface area contributed by atoms with Crippen molar-refractivity contribution in [3.8, 4) is 0 Å². The number of benzene rings is 2. The number of hydrazine groups is 1. The summed E-state index contributed by atoms with van der Waals surface area (Å²) in [6, 6.07) is 14.3. The lowest BCUT2D eigenvalue weighted by atomic mass is 9.92. The van der Waals surface area contributed by atoms with Gasteiger partial charge in [0.25, 0.3) is 11.5 Å². The first-order valence-electron chi connectivity index (χ1n) is 11.3. The smallest absolute Gasteiger partial charge is 0.262 e. The molecule has 1 unspecified atom stereocenters. The maximum Gasteiger partial charge on any atom is 0.262 e. The van der Waals surface area contributed by atoms with Crippen molar-refractivity contribution in [3.63, 3.8) is 0 Å². The molecule has 8 nitrogen and oxygen atoms in total. The Morgan fingerprint density at radius 3 is 2.52 bits per heavy atom. The zero-order chi connectivity index (χ0) is 23.5. The number of para-hydroxylation sites is 1. The van der Waals surface area contributed by atoms with Crippen molar-refractivity contribution in [2.75, 3.05) is 5.43 Å². The first-order chi connectivity index (χ1) is 15.9. The topological polar surface area (TPSA) is 96.3 Å². The molecule has 0 saturated heterocycles. The Morgan fingerprint density at radius 2 is 1.79 bits per heavy atom. The van der Waals surface area contributed by atoms with E-state index in [0.717, 1.165) is 11.1 Å². The second-order valence-electron chi connectivity index (χ2n) is 8.72. The van der Waals surface area contributed by atoms with Crippen LogP contribution in [0.15, 0.2) is 53.3 Å². The first-order valence-corrected chi connectivity index (χ1v) is 11.3. The normalized spacial score (nSPS) is 15.4. The number of aromatic nitrogens is 2. The molecule has 1 aliphatic rings. The first kappa shape index (κ1) is 22.5. The fourth-order valence-electron chi connectivity index (χ4n) is 4.24. The highest BCUT2D eigenvalue weighted by molar-refractivity contribution is 5.89. The number of nitrogens with zero attached hydrogens (tertiary/aromatic N) is 3. The van der Waals surface area contributed by atoms with E-state index in [2.05, 4.69) is 15.8 Å². The molecule has 4 rings (SSSR count). The van der Waals surface area contributed by atoms with Crippen molar-refractivity contribution >= 4 is 28.7 Å². The lowest BCUT2D eigenvalue weighted by Gasteiger charge is -2.36.